The van der Waals surface area contributed by atoms with Crippen LogP contribution in [0.2, 0.25) is 5.02 Å². The Hall–Kier alpha value is -0.570. The van der Waals surface area contributed by atoms with E-state index < -0.39 is 0 Å². The number of hydrogen-bond donors (Lipinski definition) is 1. The van der Waals surface area contributed by atoms with E-state index in [1.54, 1.807) is 0 Å². The molecule has 0 spiro atoms. The summed E-state index contributed by atoms with van der Waals surface area (Å²) >= 11 is 6.12. The third-order valence-corrected chi connectivity index (χ3v) is 3.52. The molecule has 2 nitrogen and oxygen atoms in total. The Morgan fingerprint density at radius 3 is 2.61 bits per heavy atom. The smallest absolute Gasteiger partial charge is 0.0622 e. The summed E-state index contributed by atoms with van der Waals surface area (Å²) in [6.07, 6.45) is 0. The summed E-state index contributed by atoms with van der Waals surface area (Å²) in [6, 6.07) is 6.59. The van der Waals surface area contributed by atoms with E-state index in [1.807, 2.05) is 19.9 Å². The Bertz CT molecular complexity index is 366. The summed E-state index contributed by atoms with van der Waals surface area (Å²) in [6.45, 7) is 10.8. The second-order valence-corrected chi connectivity index (χ2v) is 5.38. The molecule has 1 N–H and O–H groups in total. The van der Waals surface area contributed by atoms with Crippen molar-refractivity contribution in [2.45, 2.75) is 40.3 Å². The lowest BCUT2D eigenvalue weighted by Crippen LogP contribution is -2.37. The molecular formula is C15H24ClNO. The number of rotatable bonds is 7. The molecule has 1 aromatic carbocycles. The summed E-state index contributed by atoms with van der Waals surface area (Å²) in [4.78, 5) is 0. The van der Waals surface area contributed by atoms with Crippen molar-refractivity contribution in [3.63, 3.8) is 0 Å². The van der Waals surface area contributed by atoms with Gasteiger partial charge in [-0.3, -0.25) is 0 Å². The maximum Gasteiger partial charge on any atom is 0.0622 e. The van der Waals surface area contributed by atoms with Crippen molar-refractivity contribution in [3.05, 3.63) is 34.3 Å². The van der Waals surface area contributed by atoms with Crippen LogP contribution in [0.15, 0.2) is 18.2 Å². The third-order valence-electron chi connectivity index (χ3n) is 3.11. The minimum Gasteiger partial charge on any atom is -0.380 e. The van der Waals surface area contributed by atoms with Crippen LogP contribution in [-0.4, -0.2) is 19.3 Å². The fraction of sp³-hybridized carbons (Fsp3) is 0.600. The van der Waals surface area contributed by atoms with Gasteiger partial charge in [0, 0.05) is 24.2 Å². The first-order chi connectivity index (χ1) is 8.54. The second-order valence-electron chi connectivity index (χ2n) is 4.97. The average molecular weight is 270 g/mol. The number of aryl methyl sites for hydroxylation is 1. The van der Waals surface area contributed by atoms with Crippen LogP contribution in [-0.2, 0) is 11.3 Å². The maximum atomic E-state index is 6.12. The predicted molar refractivity (Wildman–Crippen MR) is 78.1 cm³/mol. The predicted octanol–water partition coefficient (Wildman–Crippen LogP) is 3.80. The van der Waals surface area contributed by atoms with Crippen molar-refractivity contribution in [2.75, 3.05) is 13.2 Å². The Labute approximate surface area is 116 Å². The minimum absolute atomic E-state index is 0.380. The zero-order valence-electron chi connectivity index (χ0n) is 11.8. The fourth-order valence-electron chi connectivity index (χ4n) is 1.73. The lowest BCUT2D eigenvalue weighted by molar-refractivity contribution is 0.108. The Balaban J connectivity index is 2.52. The summed E-state index contributed by atoms with van der Waals surface area (Å²) in [7, 11) is 0. The second kappa shape index (κ2) is 7.78. The molecule has 3 heteroatoms. The van der Waals surface area contributed by atoms with Crippen LogP contribution < -0.4 is 5.32 Å². The Morgan fingerprint density at radius 1 is 1.33 bits per heavy atom. The normalized spacial score (nSPS) is 13.0. The van der Waals surface area contributed by atoms with E-state index in [0.29, 0.717) is 12.0 Å². The molecule has 0 aliphatic carbocycles. The van der Waals surface area contributed by atoms with Crippen molar-refractivity contribution in [3.8, 4) is 0 Å². The van der Waals surface area contributed by atoms with Crippen LogP contribution in [0.4, 0.5) is 0 Å². The highest BCUT2D eigenvalue weighted by Crippen LogP contribution is 2.16. The highest BCUT2D eigenvalue weighted by molar-refractivity contribution is 6.31. The molecule has 1 unspecified atom stereocenters. The molecule has 0 heterocycles. The first-order valence-corrected chi connectivity index (χ1v) is 6.98. The molecule has 0 amide bonds. The first-order valence-electron chi connectivity index (χ1n) is 6.60. The van der Waals surface area contributed by atoms with Gasteiger partial charge in [0.05, 0.1) is 6.61 Å². The Kier molecular flexibility index (Phi) is 6.69. The summed E-state index contributed by atoms with van der Waals surface area (Å²) < 4.78 is 5.50. The van der Waals surface area contributed by atoms with Gasteiger partial charge in [0.2, 0.25) is 0 Å². The van der Waals surface area contributed by atoms with E-state index in [0.717, 1.165) is 30.3 Å². The van der Waals surface area contributed by atoms with E-state index in [4.69, 9.17) is 16.3 Å². The molecule has 0 radical (unpaired) electrons. The van der Waals surface area contributed by atoms with Gasteiger partial charge < -0.3 is 10.1 Å². The van der Waals surface area contributed by atoms with Gasteiger partial charge in [0.15, 0.2) is 0 Å². The maximum absolute atomic E-state index is 6.12. The van der Waals surface area contributed by atoms with Gasteiger partial charge in [0.25, 0.3) is 0 Å². The van der Waals surface area contributed by atoms with Gasteiger partial charge in [0.1, 0.15) is 0 Å². The highest BCUT2D eigenvalue weighted by atomic mass is 35.5. The number of hydrogen-bond acceptors (Lipinski definition) is 2. The van der Waals surface area contributed by atoms with Crippen LogP contribution in [0.1, 0.15) is 31.9 Å². The molecule has 0 saturated heterocycles. The molecule has 0 fully saturated rings. The SMILES string of the molecule is CCOCC(NCc1ccc(C)c(Cl)c1)C(C)C. The standard InChI is InChI=1S/C15H24ClNO/c1-5-18-10-15(11(2)3)17-9-13-7-6-12(4)14(16)8-13/h6-8,11,15,17H,5,9-10H2,1-4H3. The molecule has 102 valence electrons. The lowest BCUT2D eigenvalue weighted by atomic mass is 10.0. The van der Waals surface area contributed by atoms with Crippen LogP contribution >= 0.6 is 11.6 Å². The molecule has 0 aliphatic heterocycles. The molecule has 0 bridgehead atoms. The van der Waals surface area contributed by atoms with Crippen LogP contribution in [0.3, 0.4) is 0 Å². The van der Waals surface area contributed by atoms with Crippen molar-refractivity contribution in [1.29, 1.82) is 0 Å². The van der Waals surface area contributed by atoms with E-state index in [2.05, 4.69) is 31.3 Å². The van der Waals surface area contributed by atoms with Crippen molar-refractivity contribution >= 4 is 11.6 Å². The molecule has 0 saturated carbocycles. The van der Waals surface area contributed by atoms with Crippen LogP contribution in [0.5, 0.6) is 0 Å². The third kappa shape index (κ3) is 4.97. The van der Waals surface area contributed by atoms with E-state index in [-0.39, 0.29) is 0 Å². The number of halogens is 1. The highest BCUT2D eigenvalue weighted by Gasteiger charge is 2.12. The van der Waals surface area contributed by atoms with Crippen molar-refractivity contribution in [1.82, 2.24) is 5.32 Å². The zero-order chi connectivity index (χ0) is 13.5. The van der Waals surface area contributed by atoms with Crippen molar-refractivity contribution in [2.24, 2.45) is 5.92 Å². The molecule has 18 heavy (non-hydrogen) atoms. The molecule has 0 aromatic heterocycles. The van der Waals surface area contributed by atoms with Gasteiger partial charge in [-0.1, -0.05) is 37.6 Å². The Morgan fingerprint density at radius 2 is 2.06 bits per heavy atom. The molecule has 1 rings (SSSR count). The quantitative estimate of drug-likeness (QED) is 0.813. The fourth-order valence-corrected chi connectivity index (χ4v) is 1.93. The lowest BCUT2D eigenvalue weighted by Gasteiger charge is -2.22. The monoisotopic (exact) mass is 269 g/mol. The van der Waals surface area contributed by atoms with Crippen molar-refractivity contribution < 1.29 is 4.74 Å². The minimum atomic E-state index is 0.380. The van der Waals surface area contributed by atoms with Crippen LogP contribution in [0, 0.1) is 12.8 Å². The van der Waals surface area contributed by atoms with E-state index >= 15 is 0 Å². The first kappa shape index (κ1) is 15.5. The summed E-state index contributed by atoms with van der Waals surface area (Å²) in [5.41, 5.74) is 2.34. The molecule has 1 aromatic rings. The van der Waals surface area contributed by atoms with Gasteiger partial charge in [-0.15, -0.1) is 0 Å². The molecule has 1 atom stereocenters. The topological polar surface area (TPSA) is 21.3 Å². The van der Waals surface area contributed by atoms with Gasteiger partial charge in [-0.05, 0) is 37.0 Å². The number of benzene rings is 1. The van der Waals surface area contributed by atoms with E-state index in [9.17, 15) is 0 Å². The molecular weight excluding hydrogens is 246 g/mol. The molecule has 0 aliphatic rings. The van der Waals surface area contributed by atoms with Gasteiger partial charge in [-0.2, -0.15) is 0 Å². The average Bonchev–Trinajstić information content (AvgIpc) is 2.33. The summed E-state index contributed by atoms with van der Waals surface area (Å²) in [5.74, 6) is 0.553. The van der Waals surface area contributed by atoms with E-state index in [1.165, 1.54) is 5.56 Å². The largest absolute Gasteiger partial charge is 0.380 e. The van der Waals surface area contributed by atoms with Crippen LogP contribution in [0.25, 0.3) is 0 Å². The number of nitrogens with one attached hydrogen (secondary N) is 1. The van der Waals surface area contributed by atoms with Gasteiger partial charge >= 0.3 is 0 Å². The number of ether oxygens (including phenoxy) is 1. The summed E-state index contributed by atoms with van der Waals surface area (Å²) in [5, 5.41) is 4.37. The zero-order valence-corrected chi connectivity index (χ0v) is 12.6. The van der Waals surface area contributed by atoms with Gasteiger partial charge in [-0.25, -0.2) is 0 Å².